The van der Waals surface area contributed by atoms with Crippen LogP contribution >= 0.6 is 0 Å². The molecule has 6 nitrogen and oxygen atoms in total. The fourth-order valence-corrected chi connectivity index (χ4v) is 2.54. The number of ether oxygens (including phenoxy) is 1. The van der Waals surface area contributed by atoms with E-state index in [1.165, 1.54) is 14.1 Å². The van der Waals surface area contributed by atoms with Crippen molar-refractivity contribution in [3.8, 4) is 0 Å². The molecule has 1 unspecified atom stereocenters. The molecule has 2 heterocycles. The van der Waals surface area contributed by atoms with Crippen LogP contribution in [0.3, 0.4) is 0 Å². The molecule has 0 spiro atoms. The van der Waals surface area contributed by atoms with E-state index < -0.39 is 23.3 Å². The van der Waals surface area contributed by atoms with Gasteiger partial charge in [-0.1, -0.05) is 13.8 Å². The average Bonchev–Trinajstić information content (AvgIpc) is 3.13. The smallest absolute Gasteiger partial charge is 0.332 e. The molecule has 2 fully saturated rings. The van der Waals surface area contributed by atoms with Crippen LogP contribution in [0.2, 0.25) is 0 Å². The third-order valence-corrected chi connectivity index (χ3v) is 3.88. The van der Waals surface area contributed by atoms with E-state index in [0.717, 1.165) is 9.80 Å². The first-order valence-corrected chi connectivity index (χ1v) is 6.04. The van der Waals surface area contributed by atoms with Gasteiger partial charge in [0.05, 0.1) is 12.7 Å². The summed E-state index contributed by atoms with van der Waals surface area (Å²) in [4.78, 5) is 38.6. The summed E-state index contributed by atoms with van der Waals surface area (Å²) >= 11 is 0. The van der Waals surface area contributed by atoms with Crippen molar-refractivity contribution in [1.82, 2.24) is 9.80 Å². The van der Waals surface area contributed by atoms with Crippen molar-refractivity contribution in [1.29, 1.82) is 0 Å². The maximum atomic E-state index is 12.4. The van der Waals surface area contributed by atoms with Crippen LogP contribution in [0, 0.1) is 11.3 Å². The summed E-state index contributed by atoms with van der Waals surface area (Å²) < 4.78 is 5.15. The Labute approximate surface area is 106 Å². The second-order valence-corrected chi connectivity index (χ2v) is 5.30. The van der Waals surface area contributed by atoms with Gasteiger partial charge in [0.2, 0.25) is 11.8 Å². The molecule has 0 saturated carbocycles. The molecular weight excluding hydrogens is 236 g/mol. The summed E-state index contributed by atoms with van der Waals surface area (Å²) in [6.45, 7) is 4.24. The highest BCUT2D eigenvalue weighted by molar-refractivity contribution is 6.18. The fraction of sp³-hybridized carbons (Fsp3) is 0.750. The van der Waals surface area contributed by atoms with Crippen molar-refractivity contribution in [2.24, 2.45) is 11.3 Å². The lowest BCUT2D eigenvalue weighted by molar-refractivity contribution is -0.161. The Hall–Kier alpha value is -1.43. The molecule has 2 rings (SSSR count). The van der Waals surface area contributed by atoms with Crippen molar-refractivity contribution in [2.75, 3.05) is 20.7 Å². The molecule has 0 aromatic rings. The van der Waals surface area contributed by atoms with Crippen molar-refractivity contribution in [3.05, 3.63) is 0 Å². The molecule has 2 aliphatic heterocycles. The van der Waals surface area contributed by atoms with E-state index in [9.17, 15) is 14.4 Å². The van der Waals surface area contributed by atoms with E-state index in [0.29, 0.717) is 13.0 Å². The number of epoxide rings is 1. The second-order valence-electron chi connectivity index (χ2n) is 5.30. The first-order chi connectivity index (χ1) is 8.32. The number of carbonyl (C=O) groups excluding carboxylic acids is 3. The number of rotatable bonds is 3. The number of hydrogen-bond donors (Lipinski definition) is 0. The van der Waals surface area contributed by atoms with Gasteiger partial charge in [-0.2, -0.15) is 0 Å². The predicted molar refractivity (Wildman–Crippen MR) is 62.6 cm³/mol. The summed E-state index contributed by atoms with van der Waals surface area (Å²) in [5.74, 6) is -1.01. The van der Waals surface area contributed by atoms with Crippen LogP contribution < -0.4 is 0 Å². The Morgan fingerprint density at radius 2 is 1.67 bits per heavy atom. The lowest BCUT2D eigenvalue weighted by atomic mass is 9.70. The van der Waals surface area contributed by atoms with Crippen molar-refractivity contribution >= 4 is 17.8 Å². The Bertz CT molecular complexity index is 390. The van der Waals surface area contributed by atoms with Crippen LogP contribution in [0.1, 0.15) is 20.3 Å². The van der Waals surface area contributed by atoms with Gasteiger partial charge in [-0.15, -0.1) is 0 Å². The van der Waals surface area contributed by atoms with Crippen molar-refractivity contribution < 1.29 is 19.1 Å². The molecule has 0 aliphatic carbocycles. The zero-order valence-corrected chi connectivity index (χ0v) is 11.1. The molecule has 0 aromatic heterocycles. The standard InChI is InChI=1S/C12H18N2O4/c1-7(2)12(5-8-6-18-8)9(15)13(3)11(17)14(4)10(12)16/h7-8H,5-6H2,1-4H3. The maximum absolute atomic E-state index is 12.4. The van der Waals surface area contributed by atoms with Gasteiger partial charge in [0.25, 0.3) is 0 Å². The molecule has 2 saturated heterocycles. The van der Waals surface area contributed by atoms with E-state index in [-0.39, 0.29) is 12.0 Å². The van der Waals surface area contributed by atoms with Crippen LogP contribution in [0.4, 0.5) is 4.79 Å². The largest absolute Gasteiger partial charge is 0.373 e. The molecule has 0 N–H and O–H groups in total. The van der Waals surface area contributed by atoms with Gasteiger partial charge in [-0.05, 0) is 12.3 Å². The summed E-state index contributed by atoms with van der Waals surface area (Å²) in [7, 11) is 2.83. The van der Waals surface area contributed by atoms with Gasteiger partial charge < -0.3 is 4.74 Å². The summed E-state index contributed by atoms with van der Waals surface area (Å²) in [5, 5.41) is 0. The fourth-order valence-electron chi connectivity index (χ4n) is 2.54. The quantitative estimate of drug-likeness (QED) is 0.542. The Kier molecular flexibility index (Phi) is 2.93. The number of carbonyl (C=O) groups is 3. The summed E-state index contributed by atoms with van der Waals surface area (Å²) in [6, 6.07) is -0.571. The number of urea groups is 1. The SMILES string of the molecule is CC(C)C1(CC2CO2)C(=O)N(C)C(=O)N(C)C1=O. The topological polar surface area (TPSA) is 70.2 Å². The van der Waals surface area contributed by atoms with Crippen LogP contribution in [0.25, 0.3) is 0 Å². The minimum Gasteiger partial charge on any atom is -0.373 e. The third-order valence-electron chi connectivity index (χ3n) is 3.88. The zero-order chi connectivity index (χ0) is 13.7. The lowest BCUT2D eigenvalue weighted by Gasteiger charge is -2.43. The monoisotopic (exact) mass is 254 g/mol. The van der Waals surface area contributed by atoms with Crippen molar-refractivity contribution in [3.63, 3.8) is 0 Å². The Morgan fingerprint density at radius 1 is 1.22 bits per heavy atom. The van der Waals surface area contributed by atoms with E-state index >= 15 is 0 Å². The maximum Gasteiger partial charge on any atom is 0.332 e. The first-order valence-electron chi connectivity index (χ1n) is 6.04. The summed E-state index contributed by atoms with van der Waals surface area (Å²) in [5.41, 5.74) is -1.17. The number of hydrogen-bond acceptors (Lipinski definition) is 4. The van der Waals surface area contributed by atoms with Crippen LogP contribution in [0.5, 0.6) is 0 Å². The van der Waals surface area contributed by atoms with Gasteiger partial charge >= 0.3 is 6.03 Å². The van der Waals surface area contributed by atoms with Gasteiger partial charge in [0.15, 0.2) is 0 Å². The molecule has 4 amide bonds. The highest BCUT2D eigenvalue weighted by atomic mass is 16.6. The molecule has 0 bridgehead atoms. The molecule has 18 heavy (non-hydrogen) atoms. The van der Waals surface area contributed by atoms with Crippen LogP contribution in [-0.2, 0) is 14.3 Å². The zero-order valence-electron chi connectivity index (χ0n) is 11.1. The van der Waals surface area contributed by atoms with E-state index in [1.54, 1.807) is 0 Å². The predicted octanol–water partition coefficient (Wildman–Crippen LogP) is 0.468. The Morgan fingerprint density at radius 3 is 2.00 bits per heavy atom. The minimum absolute atomic E-state index is 0.0460. The molecule has 2 aliphatic rings. The van der Waals surface area contributed by atoms with Gasteiger partial charge in [0.1, 0.15) is 5.41 Å². The number of amides is 4. The molecule has 100 valence electrons. The highest BCUT2D eigenvalue weighted by Crippen LogP contribution is 2.42. The number of imide groups is 2. The van der Waals surface area contributed by atoms with Gasteiger partial charge in [-0.25, -0.2) is 4.79 Å². The number of barbiturate groups is 1. The second kappa shape index (κ2) is 4.05. The summed E-state index contributed by atoms with van der Waals surface area (Å²) in [6.07, 6.45) is 0.305. The molecule has 1 atom stereocenters. The average molecular weight is 254 g/mol. The van der Waals surface area contributed by atoms with Crippen LogP contribution in [0.15, 0.2) is 0 Å². The minimum atomic E-state index is -1.17. The number of nitrogens with zero attached hydrogens (tertiary/aromatic N) is 2. The highest BCUT2D eigenvalue weighted by Gasteiger charge is 2.59. The molecular formula is C12H18N2O4. The van der Waals surface area contributed by atoms with E-state index in [4.69, 9.17) is 4.74 Å². The van der Waals surface area contributed by atoms with Crippen molar-refractivity contribution in [2.45, 2.75) is 26.4 Å². The van der Waals surface area contributed by atoms with Crippen LogP contribution in [-0.4, -0.2) is 54.5 Å². The van der Waals surface area contributed by atoms with Gasteiger partial charge in [0, 0.05) is 14.1 Å². The van der Waals surface area contributed by atoms with E-state index in [1.807, 2.05) is 13.8 Å². The molecule has 6 heteroatoms. The lowest BCUT2D eigenvalue weighted by Crippen LogP contribution is -2.65. The Balaban J connectivity index is 2.44. The molecule has 0 radical (unpaired) electrons. The van der Waals surface area contributed by atoms with Gasteiger partial charge in [-0.3, -0.25) is 19.4 Å². The third kappa shape index (κ3) is 1.63. The first kappa shape index (κ1) is 13.0. The normalized spacial score (nSPS) is 27.2. The molecule has 0 aromatic carbocycles. The van der Waals surface area contributed by atoms with E-state index in [2.05, 4.69) is 0 Å².